The molecule has 0 aliphatic carbocycles. The third kappa shape index (κ3) is 2.59. The minimum Gasteiger partial charge on any atom is -0.432 e. The van der Waals surface area contributed by atoms with Crippen LogP contribution in [0.5, 0.6) is 11.6 Å². The lowest BCUT2D eigenvalue weighted by atomic mass is 10.2. The summed E-state index contributed by atoms with van der Waals surface area (Å²) in [6.07, 6.45) is 3.18. The van der Waals surface area contributed by atoms with E-state index >= 15 is 0 Å². The van der Waals surface area contributed by atoms with Crippen LogP contribution in [-0.4, -0.2) is 9.55 Å². The Morgan fingerprint density at radius 1 is 1.37 bits per heavy atom. The van der Waals surface area contributed by atoms with Crippen LogP contribution in [0.15, 0.2) is 35.4 Å². The number of hydrogen-bond donors (Lipinski definition) is 1. The number of nitrogens with zero attached hydrogens (tertiary/aromatic N) is 2. The number of anilines is 1. The molecule has 2 aromatic rings. The van der Waals surface area contributed by atoms with Crippen LogP contribution in [0.2, 0.25) is 0 Å². The van der Waals surface area contributed by atoms with Gasteiger partial charge in [-0.1, -0.05) is 12.1 Å². The standard InChI is InChI=1S/C14H17N3O2/c1-9(2)17-8-7-16-13(14(17)18)19-11-6-4-5-10(3)12(11)15/h4-9H,15H2,1-3H3. The maximum Gasteiger partial charge on any atom is 0.313 e. The molecule has 1 aromatic heterocycles. The summed E-state index contributed by atoms with van der Waals surface area (Å²) in [5, 5.41) is 0. The molecule has 0 unspecified atom stereocenters. The summed E-state index contributed by atoms with van der Waals surface area (Å²) in [4.78, 5) is 16.1. The molecule has 0 saturated heterocycles. The fourth-order valence-corrected chi connectivity index (χ4v) is 1.73. The highest BCUT2D eigenvalue weighted by atomic mass is 16.5. The number of hydrogen-bond acceptors (Lipinski definition) is 4. The van der Waals surface area contributed by atoms with Crippen molar-refractivity contribution in [3.05, 3.63) is 46.5 Å². The van der Waals surface area contributed by atoms with E-state index in [4.69, 9.17) is 10.5 Å². The van der Waals surface area contributed by atoms with Gasteiger partial charge in [-0.05, 0) is 32.4 Å². The fraction of sp³-hybridized carbons (Fsp3) is 0.286. The summed E-state index contributed by atoms with van der Waals surface area (Å²) in [7, 11) is 0. The van der Waals surface area contributed by atoms with Crippen LogP contribution >= 0.6 is 0 Å². The molecule has 0 spiro atoms. The number of aryl methyl sites for hydroxylation is 1. The Morgan fingerprint density at radius 3 is 2.79 bits per heavy atom. The van der Waals surface area contributed by atoms with E-state index in [0.29, 0.717) is 11.4 Å². The molecule has 0 aliphatic rings. The molecule has 0 bridgehead atoms. The Balaban J connectivity index is 2.42. The zero-order chi connectivity index (χ0) is 14.0. The molecule has 100 valence electrons. The van der Waals surface area contributed by atoms with Gasteiger partial charge < -0.3 is 15.0 Å². The van der Waals surface area contributed by atoms with Gasteiger partial charge in [0.1, 0.15) is 0 Å². The van der Waals surface area contributed by atoms with Crippen molar-refractivity contribution in [3.63, 3.8) is 0 Å². The molecule has 5 heteroatoms. The molecule has 0 aliphatic heterocycles. The van der Waals surface area contributed by atoms with Gasteiger partial charge >= 0.3 is 5.56 Å². The second-order valence-corrected chi connectivity index (χ2v) is 4.63. The summed E-state index contributed by atoms with van der Waals surface area (Å²) < 4.78 is 7.11. The normalized spacial score (nSPS) is 10.7. The quantitative estimate of drug-likeness (QED) is 0.860. The van der Waals surface area contributed by atoms with Crippen LogP contribution in [0.4, 0.5) is 5.69 Å². The summed E-state index contributed by atoms with van der Waals surface area (Å²) in [6.45, 7) is 5.73. The summed E-state index contributed by atoms with van der Waals surface area (Å²) in [5.74, 6) is 0.486. The smallest absolute Gasteiger partial charge is 0.313 e. The zero-order valence-electron chi connectivity index (χ0n) is 11.3. The highest BCUT2D eigenvalue weighted by Crippen LogP contribution is 2.27. The van der Waals surface area contributed by atoms with Crippen molar-refractivity contribution in [1.29, 1.82) is 0 Å². The van der Waals surface area contributed by atoms with Crippen LogP contribution in [0, 0.1) is 6.92 Å². The van der Waals surface area contributed by atoms with E-state index < -0.39 is 0 Å². The van der Waals surface area contributed by atoms with Gasteiger partial charge in [0.15, 0.2) is 5.75 Å². The molecule has 0 fully saturated rings. The molecule has 0 atom stereocenters. The Kier molecular flexibility index (Phi) is 3.55. The van der Waals surface area contributed by atoms with E-state index in [1.165, 1.54) is 0 Å². The number of rotatable bonds is 3. The number of ether oxygens (including phenoxy) is 1. The molecule has 0 amide bonds. The highest BCUT2D eigenvalue weighted by molar-refractivity contribution is 5.58. The molecular formula is C14H17N3O2. The third-order valence-electron chi connectivity index (χ3n) is 2.88. The fourth-order valence-electron chi connectivity index (χ4n) is 1.73. The lowest BCUT2D eigenvalue weighted by Gasteiger charge is -2.12. The summed E-state index contributed by atoms with van der Waals surface area (Å²) in [6, 6.07) is 5.47. The first-order valence-electron chi connectivity index (χ1n) is 6.10. The molecular weight excluding hydrogens is 242 g/mol. The highest BCUT2D eigenvalue weighted by Gasteiger charge is 2.11. The maximum absolute atomic E-state index is 12.1. The minimum absolute atomic E-state index is 0.0356. The van der Waals surface area contributed by atoms with Gasteiger partial charge in [-0.15, -0.1) is 0 Å². The van der Waals surface area contributed by atoms with Gasteiger partial charge in [0, 0.05) is 18.4 Å². The first-order chi connectivity index (χ1) is 9.00. The van der Waals surface area contributed by atoms with Crippen molar-refractivity contribution in [2.45, 2.75) is 26.8 Å². The number of nitrogen functional groups attached to an aromatic ring is 1. The summed E-state index contributed by atoms with van der Waals surface area (Å²) >= 11 is 0. The largest absolute Gasteiger partial charge is 0.432 e. The van der Waals surface area contributed by atoms with E-state index in [0.717, 1.165) is 5.56 Å². The SMILES string of the molecule is Cc1cccc(Oc2nccn(C(C)C)c2=O)c1N. The molecule has 19 heavy (non-hydrogen) atoms. The van der Waals surface area contributed by atoms with Crippen LogP contribution in [0.3, 0.4) is 0 Å². The number of para-hydroxylation sites is 1. The molecule has 5 nitrogen and oxygen atoms in total. The first kappa shape index (κ1) is 13.1. The Morgan fingerprint density at radius 2 is 2.11 bits per heavy atom. The predicted octanol–water partition coefficient (Wildman–Crippen LogP) is 2.51. The molecule has 0 saturated carbocycles. The van der Waals surface area contributed by atoms with Crippen molar-refractivity contribution in [2.24, 2.45) is 0 Å². The second kappa shape index (κ2) is 5.14. The third-order valence-corrected chi connectivity index (χ3v) is 2.88. The van der Waals surface area contributed by atoms with Gasteiger partial charge in [-0.25, -0.2) is 4.98 Å². The van der Waals surface area contributed by atoms with Crippen LogP contribution in [-0.2, 0) is 0 Å². The van der Waals surface area contributed by atoms with Crippen molar-refractivity contribution in [3.8, 4) is 11.6 Å². The van der Waals surface area contributed by atoms with Gasteiger partial charge in [-0.2, -0.15) is 0 Å². The molecule has 0 radical (unpaired) electrons. The second-order valence-electron chi connectivity index (χ2n) is 4.63. The van der Waals surface area contributed by atoms with E-state index in [2.05, 4.69) is 4.98 Å². The Bertz CT molecular complexity index is 647. The van der Waals surface area contributed by atoms with Gasteiger partial charge in [-0.3, -0.25) is 4.79 Å². The number of aromatic nitrogens is 2. The minimum atomic E-state index is -0.265. The molecule has 2 rings (SSSR count). The Hall–Kier alpha value is -2.30. The van der Waals surface area contributed by atoms with E-state index in [-0.39, 0.29) is 17.5 Å². The van der Waals surface area contributed by atoms with Crippen LogP contribution in [0.1, 0.15) is 25.5 Å². The lowest BCUT2D eigenvalue weighted by Crippen LogP contribution is -2.23. The zero-order valence-corrected chi connectivity index (χ0v) is 11.3. The maximum atomic E-state index is 12.1. The Labute approximate surface area is 111 Å². The predicted molar refractivity (Wildman–Crippen MR) is 74.5 cm³/mol. The topological polar surface area (TPSA) is 70.1 Å². The van der Waals surface area contributed by atoms with Crippen LogP contribution in [0.25, 0.3) is 0 Å². The van der Waals surface area contributed by atoms with Crippen molar-refractivity contribution >= 4 is 5.69 Å². The number of nitrogens with two attached hydrogens (primary N) is 1. The molecule has 1 aromatic carbocycles. The number of benzene rings is 1. The average molecular weight is 259 g/mol. The first-order valence-corrected chi connectivity index (χ1v) is 6.10. The monoisotopic (exact) mass is 259 g/mol. The van der Waals surface area contributed by atoms with Crippen molar-refractivity contribution in [2.75, 3.05) is 5.73 Å². The van der Waals surface area contributed by atoms with Gasteiger partial charge in [0.2, 0.25) is 0 Å². The lowest BCUT2D eigenvalue weighted by molar-refractivity contribution is 0.438. The van der Waals surface area contributed by atoms with E-state index in [9.17, 15) is 4.79 Å². The molecule has 1 heterocycles. The van der Waals surface area contributed by atoms with E-state index in [1.807, 2.05) is 32.9 Å². The van der Waals surface area contributed by atoms with Crippen LogP contribution < -0.4 is 16.0 Å². The van der Waals surface area contributed by atoms with Gasteiger partial charge in [0.05, 0.1) is 5.69 Å². The van der Waals surface area contributed by atoms with Crippen molar-refractivity contribution < 1.29 is 4.74 Å². The molecule has 2 N–H and O–H groups in total. The average Bonchev–Trinajstić information content (AvgIpc) is 2.37. The van der Waals surface area contributed by atoms with Gasteiger partial charge in [0.25, 0.3) is 5.88 Å². The summed E-state index contributed by atoms with van der Waals surface area (Å²) in [5.41, 5.74) is 7.07. The van der Waals surface area contributed by atoms with Crippen molar-refractivity contribution in [1.82, 2.24) is 9.55 Å². The van der Waals surface area contributed by atoms with E-state index in [1.54, 1.807) is 23.0 Å².